The van der Waals surface area contributed by atoms with Crippen LogP contribution < -0.4 is 0 Å². The van der Waals surface area contributed by atoms with Crippen LogP contribution >= 0.6 is 0 Å². The number of carbonyl (C=O) groups excluding carboxylic acids is 1. The molecule has 106 valence electrons. The fraction of sp³-hybridized carbons (Fsp3) is 0.562. The van der Waals surface area contributed by atoms with Crippen LogP contribution in [0, 0.1) is 6.92 Å². The lowest BCUT2D eigenvalue weighted by Crippen LogP contribution is -2.38. The number of hydrogen-bond acceptors (Lipinski definition) is 3. The number of likely N-dealkylation sites (N-methyl/N-ethyl adjacent to an activating group) is 1. The molecule has 0 fully saturated rings. The summed E-state index contributed by atoms with van der Waals surface area (Å²) < 4.78 is 4.91. The number of benzene rings is 1. The van der Waals surface area contributed by atoms with Gasteiger partial charge in [0.1, 0.15) is 6.04 Å². The first-order chi connectivity index (χ1) is 9.08. The molecule has 0 heterocycles. The smallest absolute Gasteiger partial charge is 0.323 e. The van der Waals surface area contributed by atoms with Gasteiger partial charge in [-0.15, -0.1) is 0 Å². The van der Waals surface area contributed by atoms with Gasteiger partial charge in [-0.1, -0.05) is 49.6 Å². The molecule has 1 aromatic carbocycles. The standard InChI is InChI=1S/C16H25NO2/c1-5-6-7-15(16(18)19-4)17(3)12-14-10-8-13(2)9-11-14/h8-11,15H,5-7,12H2,1-4H3. The van der Waals surface area contributed by atoms with Crippen LogP contribution in [-0.4, -0.2) is 31.1 Å². The van der Waals surface area contributed by atoms with Gasteiger partial charge in [0.15, 0.2) is 0 Å². The topological polar surface area (TPSA) is 29.5 Å². The van der Waals surface area contributed by atoms with E-state index in [-0.39, 0.29) is 12.0 Å². The average Bonchev–Trinajstić information content (AvgIpc) is 2.41. The van der Waals surface area contributed by atoms with Crippen molar-refractivity contribution in [2.24, 2.45) is 0 Å². The van der Waals surface area contributed by atoms with Crippen molar-refractivity contribution in [1.29, 1.82) is 0 Å². The van der Waals surface area contributed by atoms with E-state index in [0.29, 0.717) is 0 Å². The van der Waals surface area contributed by atoms with Crippen LogP contribution in [0.2, 0.25) is 0 Å². The summed E-state index contributed by atoms with van der Waals surface area (Å²) in [5, 5.41) is 0. The Morgan fingerprint density at radius 2 is 1.95 bits per heavy atom. The molecule has 0 aliphatic heterocycles. The van der Waals surface area contributed by atoms with Gasteiger partial charge in [-0.2, -0.15) is 0 Å². The van der Waals surface area contributed by atoms with Crippen molar-refractivity contribution in [2.75, 3.05) is 14.2 Å². The van der Waals surface area contributed by atoms with E-state index in [0.717, 1.165) is 25.8 Å². The van der Waals surface area contributed by atoms with Crippen LogP contribution in [0.25, 0.3) is 0 Å². The second-order valence-corrected chi connectivity index (χ2v) is 5.08. The first-order valence-corrected chi connectivity index (χ1v) is 6.92. The predicted molar refractivity (Wildman–Crippen MR) is 78.0 cm³/mol. The maximum atomic E-state index is 11.8. The third kappa shape index (κ3) is 5.03. The summed E-state index contributed by atoms with van der Waals surface area (Å²) in [5.74, 6) is -0.136. The minimum atomic E-state index is -0.147. The molecule has 0 amide bonds. The number of rotatable bonds is 7. The normalized spacial score (nSPS) is 12.5. The molecule has 3 heteroatoms. The first kappa shape index (κ1) is 15.7. The van der Waals surface area contributed by atoms with Crippen LogP contribution in [0.3, 0.4) is 0 Å². The number of hydrogen-bond donors (Lipinski definition) is 0. The molecule has 0 aliphatic carbocycles. The van der Waals surface area contributed by atoms with Crippen molar-refractivity contribution in [1.82, 2.24) is 4.90 Å². The van der Waals surface area contributed by atoms with Gasteiger partial charge in [0.05, 0.1) is 7.11 Å². The second-order valence-electron chi connectivity index (χ2n) is 5.08. The van der Waals surface area contributed by atoms with Gasteiger partial charge in [0.25, 0.3) is 0 Å². The molecule has 0 aliphatic rings. The molecule has 1 rings (SSSR count). The lowest BCUT2D eigenvalue weighted by Gasteiger charge is -2.26. The first-order valence-electron chi connectivity index (χ1n) is 6.92. The summed E-state index contributed by atoms with van der Waals surface area (Å²) in [6.45, 7) is 4.98. The van der Waals surface area contributed by atoms with Crippen LogP contribution in [-0.2, 0) is 16.1 Å². The zero-order valence-electron chi connectivity index (χ0n) is 12.5. The molecular formula is C16H25NO2. The molecule has 0 bridgehead atoms. The number of nitrogens with zero attached hydrogens (tertiary/aromatic N) is 1. The number of aryl methyl sites for hydroxylation is 1. The van der Waals surface area contributed by atoms with Crippen molar-refractivity contribution in [3.05, 3.63) is 35.4 Å². The molecule has 1 atom stereocenters. The van der Waals surface area contributed by atoms with Gasteiger partial charge in [-0.3, -0.25) is 9.69 Å². The minimum Gasteiger partial charge on any atom is -0.468 e. The van der Waals surface area contributed by atoms with E-state index in [9.17, 15) is 4.79 Å². The molecule has 19 heavy (non-hydrogen) atoms. The molecule has 0 aromatic heterocycles. The van der Waals surface area contributed by atoms with Crippen molar-refractivity contribution in [3.8, 4) is 0 Å². The van der Waals surface area contributed by atoms with E-state index in [1.54, 1.807) is 0 Å². The lowest BCUT2D eigenvalue weighted by atomic mass is 10.1. The Kier molecular flexibility index (Phi) is 6.57. The van der Waals surface area contributed by atoms with Crippen molar-refractivity contribution in [2.45, 2.75) is 45.7 Å². The summed E-state index contributed by atoms with van der Waals surface area (Å²) in [4.78, 5) is 13.9. The zero-order chi connectivity index (χ0) is 14.3. The van der Waals surface area contributed by atoms with Crippen LogP contribution in [0.4, 0.5) is 0 Å². The number of esters is 1. The van der Waals surface area contributed by atoms with Crippen molar-refractivity contribution in [3.63, 3.8) is 0 Å². The predicted octanol–water partition coefficient (Wildman–Crippen LogP) is 3.16. The molecule has 0 saturated carbocycles. The maximum absolute atomic E-state index is 11.8. The number of ether oxygens (including phenoxy) is 1. The van der Waals surface area contributed by atoms with Gasteiger partial charge in [-0.25, -0.2) is 0 Å². The van der Waals surface area contributed by atoms with Gasteiger partial charge in [0.2, 0.25) is 0 Å². The fourth-order valence-corrected chi connectivity index (χ4v) is 2.14. The molecule has 1 unspecified atom stereocenters. The van der Waals surface area contributed by atoms with E-state index in [4.69, 9.17) is 4.74 Å². The summed E-state index contributed by atoms with van der Waals surface area (Å²) in [5.41, 5.74) is 2.47. The van der Waals surface area contributed by atoms with E-state index in [1.165, 1.54) is 18.2 Å². The van der Waals surface area contributed by atoms with Crippen LogP contribution in [0.15, 0.2) is 24.3 Å². The summed E-state index contributed by atoms with van der Waals surface area (Å²) >= 11 is 0. The highest BCUT2D eigenvalue weighted by Crippen LogP contribution is 2.13. The van der Waals surface area contributed by atoms with E-state index in [2.05, 4.69) is 43.0 Å². The Balaban J connectivity index is 2.67. The minimum absolute atomic E-state index is 0.136. The number of unbranched alkanes of at least 4 members (excludes halogenated alkanes) is 1. The Bertz CT molecular complexity index is 386. The Morgan fingerprint density at radius 3 is 2.47 bits per heavy atom. The largest absolute Gasteiger partial charge is 0.468 e. The lowest BCUT2D eigenvalue weighted by molar-refractivity contribution is -0.147. The second kappa shape index (κ2) is 7.95. The fourth-order valence-electron chi connectivity index (χ4n) is 2.14. The number of carbonyl (C=O) groups is 1. The SMILES string of the molecule is CCCCC(C(=O)OC)N(C)Cc1ccc(C)cc1. The highest BCUT2D eigenvalue weighted by atomic mass is 16.5. The zero-order valence-corrected chi connectivity index (χ0v) is 12.5. The molecule has 3 nitrogen and oxygen atoms in total. The maximum Gasteiger partial charge on any atom is 0.323 e. The van der Waals surface area contributed by atoms with Gasteiger partial charge in [-0.05, 0) is 26.0 Å². The van der Waals surface area contributed by atoms with Gasteiger partial charge >= 0.3 is 5.97 Å². The highest BCUT2D eigenvalue weighted by molar-refractivity contribution is 5.75. The molecule has 0 spiro atoms. The van der Waals surface area contributed by atoms with Crippen molar-refractivity contribution >= 4 is 5.97 Å². The van der Waals surface area contributed by atoms with Gasteiger partial charge in [0, 0.05) is 6.54 Å². The van der Waals surface area contributed by atoms with E-state index < -0.39 is 0 Å². The molecule has 0 saturated heterocycles. The van der Waals surface area contributed by atoms with E-state index >= 15 is 0 Å². The quantitative estimate of drug-likeness (QED) is 0.708. The monoisotopic (exact) mass is 263 g/mol. The summed E-state index contributed by atoms with van der Waals surface area (Å²) in [6, 6.07) is 8.27. The van der Waals surface area contributed by atoms with Crippen molar-refractivity contribution < 1.29 is 9.53 Å². The third-order valence-corrected chi connectivity index (χ3v) is 3.39. The molecule has 1 aromatic rings. The Labute approximate surface area is 116 Å². The summed E-state index contributed by atoms with van der Waals surface area (Å²) in [7, 11) is 3.44. The average molecular weight is 263 g/mol. The molecule has 0 radical (unpaired) electrons. The number of methoxy groups -OCH3 is 1. The molecular weight excluding hydrogens is 238 g/mol. The Hall–Kier alpha value is -1.35. The highest BCUT2D eigenvalue weighted by Gasteiger charge is 2.23. The van der Waals surface area contributed by atoms with Crippen LogP contribution in [0.5, 0.6) is 0 Å². The van der Waals surface area contributed by atoms with E-state index in [1.807, 2.05) is 7.05 Å². The molecule has 0 N–H and O–H groups in total. The summed E-state index contributed by atoms with van der Waals surface area (Å²) in [6.07, 6.45) is 2.98. The van der Waals surface area contributed by atoms with Crippen LogP contribution in [0.1, 0.15) is 37.3 Å². The Morgan fingerprint density at radius 1 is 1.32 bits per heavy atom. The van der Waals surface area contributed by atoms with Gasteiger partial charge < -0.3 is 4.74 Å². The third-order valence-electron chi connectivity index (χ3n) is 3.39.